The van der Waals surface area contributed by atoms with Crippen molar-refractivity contribution in [3.05, 3.63) is 29.8 Å². The van der Waals surface area contributed by atoms with Gasteiger partial charge in [0.2, 0.25) is 10.0 Å². The molecular formula is C14H21NO4S. The number of benzene rings is 1. The molecule has 5 nitrogen and oxygen atoms in total. The summed E-state index contributed by atoms with van der Waals surface area (Å²) >= 11 is 0. The minimum Gasteiger partial charge on any atom is -0.469 e. The summed E-state index contributed by atoms with van der Waals surface area (Å²) in [7, 11) is -2.24. The average Bonchev–Trinajstić information content (AvgIpc) is 2.37. The van der Waals surface area contributed by atoms with Crippen LogP contribution in [0.5, 0.6) is 0 Å². The number of hydrogen-bond donors (Lipinski definition) is 1. The second-order valence-corrected chi connectivity index (χ2v) is 6.71. The number of esters is 1. The Kier molecular flexibility index (Phi) is 5.71. The molecule has 0 saturated heterocycles. The predicted molar refractivity (Wildman–Crippen MR) is 76.8 cm³/mol. The highest BCUT2D eigenvalue weighted by Crippen LogP contribution is 2.13. The molecule has 1 rings (SSSR count). The molecule has 20 heavy (non-hydrogen) atoms. The van der Waals surface area contributed by atoms with E-state index in [1.165, 1.54) is 7.11 Å². The molecule has 0 aromatic heterocycles. The maximum Gasteiger partial charge on any atom is 0.308 e. The number of ether oxygens (including phenoxy) is 1. The predicted octanol–water partition coefficient (Wildman–Crippen LogP) is 1.86. The zero-order chi connectivity index (χ0) is 15.3. The van der Waals surface area contributed by atoms with Crippen LogP contribution in [0.3, 0.4) is 0 Å². The number of sulfonamides is 1. The van der Waals surface area contributed by atoms with Gasteiger partial charge in [-0.15, -0.1) is 0 Å². The Morgan fingerprint density at radius 1 is 1.25 bits per heavy atom. The van der Waals surface area contributed by atoms with Crippen LogP contribution < -0.4 is 4.72 Å². The highest BCUT2D eigenvalue weighted by atomic mass is 32.2. The van der Waals surface area contributed by atoms with Crippen LogP contribution in [0, 0.1) is 12.8 Å². The summed E-state index contributed by atoms with van der Waals surface area (Å²) in [5.41, 5.74) is 0.997. The van der Waals surface area contributed by atoms with E-state index < -0.39 is 10.0 Å². The van der Waals surface area contributed by atoms with Gasteiger partial charge in [-0.1, -0.05) is 24.6 Å². The number of hydrogen-bond acceptors (Lipinski definition) is 4. The molecule has 0 heterocycles. The monoisotopic (exact) mass is 299 g/mol. The van der Waals surface area contributed by atoms with E-state index in [2.05, 4.69) is 9.46 Å². The van der Waals surface area contributed by atoms with Crippen LogP contribution >= 0.6 is 0 Å². The maximum atomic E-state index is 12.1. The first-order valence-electron chi connectivity index (χ1n) is 6.43. The summed E-state index contributed by atoms with van der Waals surface area (Å²) in [6, 6.07) is 6.27. The molecule has 0 unspecified atom stereocenters. The van der Waals surface area contributed by atoms with Gasteiger partial charge in [0.05, 0.1) is 17.9 Å². The molecule has 6 heteroatoms. The molecule has 0 aliphatic carbocycles. The molecule has 1 aromatic rings. The summed E-state index contributed by atoms with van der Waals surface area (Å²) in [4.78, 5) is 11.5. The summed E-state index contributed by atoms with van der Waals surface area (Å²) in [6.07, 6.45) is 0.387. The first-order chi connectivity index (χ1) is 9.26. The first kappa shape index (κ1) is 16.7. The molecular weight excluding hydrogens is 278 g/mol. The van der Waals surface area contributed by atoms with Gasteiger partial charge in [-0.2, -0.15) is 0 Å². The fraction of sp³-hybridized carbons (Fsp3) is 0.500. The number of aryl methyl sites for hydroxylation is 1. The third-order valence-corrected chi connectivity index (χ3v) is 4.60. The lowest BCUT2D eigenvalue weighted by Crippen LogP contribution is -2.35. The largest absolute Gasteiger partial charge is 0.469 e. The van der Waals surface area contributed by atoms with Crippen molar-refractivity contribution in [3.8, 4) is 0 Å². The maximum absolute atomic E-state index is 12.1. The SMILES string of the molecule is COC(=O)[C@@H](C)C[C@@H](C)NS(=O)(=O)c1ccc(C)cc1. The van der Waals surface area contributed by atoms with Gasteiger partial charge in [0, 0.05) is 6.04 Å². The van der Waals surface area contributed by atoms with E-state index in [-0.39, 0.29) is 22.8 Å². The Bertz CT molecular complexity index is 551. The molecule has 0 amide bonds. The molecule has 0 aliphatic heterocycles. The van der Waals surface area contributed by atoms with Crippen LogP contribution in [0.25, 0.3) is 0 Å². The quantitative estimate of drug-likeness (QED) is 0.814. The van der Waals surface area contributed by atoms with E-state index in [1.807, 2.05) is 6.92 Å². The van der Waals surface area contributed by atoms with E-state index in [0.29, 0.717) is 6.42 Å². The normalized spacial score (nSPS) is 14.6. The number of methoxy groups -OCH3 is 1. The van der Waals surface area contributed by atoms with Gasteiger partial charge in [-0.05, 0) is 32.4 Å². The summed E-state index contributed by atoms with van der Waals surface area (Å²) < 4.78 is 31.5. The van der Waals surface area contributed by atoms with Crippen LogP contribution in [-0.2, 0) is 19.6 Å². The van der Waals surface area contributed by atoms with Crippen LogP contribution in [0.15, 0.2) is 29.2 Å². The van der Waals surface area contributed by atoms with Crippen molar-refractivity contribution >= 4 is 16.0 Å². The number of carbonyl (C=O) groups is 1. The van der Waals surface area contributed by atoms with E-state index in [4.69, 9.17) is 0 Å². The second kappa shape index (κ2) is 6.85. The van der Waals surface area contributed by atoms with Crippen LogP contribution in [0.1, 0.15) is 25.8 Å². The highest BCUT2D eigenvalue weighted by Gasteiger charge is 2.21. The molecule has 1 N–H and O–H groups in total. The number of carbonyl (C=O) groups excluding carboxylic acids is 1. The third-order valence-electron chi connectivity index (χ3n) is 3.00. The molecule has 0 saturated carbocycles. The van der Waals surface area contributed by atoms with Gasteiger partial charge in [0.15, 0.2) is 0 Å². The molecule has 2 atom stereocenters. The van der Waals surface area contributed by atoms with Crippen molar-refractivity contribution in [2.45, 2.75) is 38.1 Å². The second-order valence-electron chi connectivity index (χ2n) is 5.00. The van der Waals surface area contributed by atoms with Gasteiger partial charge in [0.25, 0.3) is 0 Å². The molecule has 0 spiro atoms. The minimum atomic E-state index is -3.56. The Labute approximate surface area is 120 Å². The van der Waals surface area contributed by atoms with Crippen molar-refractivity contribution < 1.29 is 17.9 Å². The van der Waals surface area contributed by atoms with Gasteiger partial charge < -0.3 is 4.74 Å². The molecule has 1 aromatic carbocycles. The van der Waals surface area contributed by atoms with Crippen LogP contribution in [0.4, 0.5) is 0 Å². The van der Waals surface area contributed by atoms with Crippen molar-refractivity contribution in [2.24, 2.45) is 5.92 Å². The van der Waals surface area contributed by atoms with E-state index in [9.17, 15) is 13.2 Å². The zero-order valence-corrected chi connectivity index (χ0v) is 13.0. The fourth-order valence-corrected chi connectivity index (χ4v) is 3.18. The standard InChI is InChI=1S/C14H21NO4S/c1-10-5-7-13(8-6-10)20(17,18)15-12(3)9-11(2)14(16)19-4/h5-8,11-12,15H,9H2,1-4H3/t11-,12+/m0/s1. The van der Waals surface area contributed by atoms with Crippen molar-refractivity contribution in [3.63, 3.8) is 0 Å². The highest BCUT2D eigenvalue weighted by molar-refractivity contribution is 7.89. The molecule has 112 valence electrons. The van der Waals surface area contributed by atoms with Crippen molar-refractivity contribution in [1.82, 2.24) is 4.72 Å². The summed E-state index contributed by atoms with van der Waals surface area (Å²) in [5, 5.41) is 0. The fourth-order valence-electron chi connectivity index (χ4n) is 1.93. The smallest absolute Gasteiger partial charge is 0.308 e. The topological polar surface area (TPSA) is 72.5 Å². The summed E-state index contributed by atoms with van der Waals surface area (Å²) in [5.74, 6) is -0.692. The van der Waals surface area contributed by atoms with E-state index in [0.717, 1.165) is 5.56 Å². The van der Waals surface area contributed by atoms with Crippen LogP contribution in [0.2, 0.25) is 0 Å². The molecule has 0 aliphatic rings. The Morgan fingerprint density at radius 3 is 2.30 bits per heavy atom. The summed E-state index contributed by atoms with van der Waals surface area (Å²) in [6.45, 7) is 5.33. The molecule has 0 fully saturated rings. The van der Waals surface area contributed by atoms with Gasteiger partial charge in [-0.3, -0.25) is 4.79 Å². The lowest BCUT2D eigenvalue weighted by molar-refractivity contribution is -0.145. The molecule has 0 radical (unpaired) electrons. The Hall–Kier alpha value is -1.40. The minimum absolute atomic E-state index is 0.223. The lowest BCUT2D eigenvalue weighted by Gasteiger charge is -2.17. The Morgan fingerprint density at radius 2 is 1.80 bits per heavy atom. The average molecular weight is 299 g/mol. The van der Waals surface area contributed by atoms with Gasteiger partial charge in [-0.25, -0.2) is 13.1 Å². The lowest BCUT2D eigenvalue weighted by atomic mass is 10.0. The number of nitrogens with one attached hydrogen (secondary N) is 1. The Balaban J connectivity index is 2.71. The van der Waals surface area contributed by atoms with E-state index >= 15 is 0 Å². The van der Waals surface area contributed by atoms with Crippen molar-refractivity contribution in [1.29, 1.82) is 0 Å². The van der Waals surface area contributed by atoms with Crippen LogP contribution in [-0.4, -0.2) is 27.5 Å². The van der Waals surface area contributed by atoms with Gasteiger partial charge >= 0.3 is 5.97 Å². The third kappa shape index (κ3) is 4.61. The number of rotatable bonds is 6. The zero-order valence-electron chi connectivity index (χ0n) is 12.2. The van der Waals surface area contributed by atoms with Crippen molar-refractivity contribution in [2.75, 3.05) is 7.11 Å². The van der Waals surface area contributed by atoms with Gasteiger partial charge in [0.1, 0.15) is 0 Å². The first-order valence-corrected chi connectivity index (χ1v) is 7.91. The molecule has 0 bridgehead atoms. The van der Waals surface area contributed by atoms with E-state index in [1.54, 1.807) is 38.1 Å².